The Morgan fingerprint density at radius 3 is 1.53 bits per heavy atom. The Labute approximate surface area is 79.0 Å². The summed E-state index contributed by atoms with van der Waals surface area (Å²) in [7, 11) is 0.310. The van der Waals surface area contributed by atoms with Gasteiger partial charge in [-0.2, -0.15) is 17.6 Å². The van der Waals surface area contributed by atoms with E-state index in [1.807, 2.05) is 0 Å². The highest BCUT2D eigenvalue weighted by Gasteiger charge is 2.69. The SMILES string of the molecule is COC(F)C(F)(F)C(F)(F)C(F)C(F)F. The van der Waals surface area contributed by atoms with Crippen LogP contribution in [0.3, 0.4) is 0 Å². The van der Waals surface area contributed by atoms with Crippen molar-refractivity contribution in [2.45, 2.75) is 30.8 Å². The molecule has 0 aliphatic heterocycles. The summed E-state index contributed by atoms with van der Waals surface area (Å²) < 4.78 is 99.9. The molecule has 0 aliphatic rings. The molecule has 0 spiro atoms. The van der Waals surface area contributed by atoms with Crippen LogP contribution in [0.2, 0.25) is 0 Å². The third-order valence-electron chi connectivity index (χ3n) is 1.50. The molecule has 0 aromatic rings. The summed E-state index contributed by atoms with van der Waals surface area (Å²) >= 11 is 0. The highest BCUT2D eigenvalue weighted by molar-refractivity contribution is 4.94. The molecule has 9 heteroatoms. The second-order valence-corrected chi connectivity index (χ2v) is 2.53. The van der Waals surface area contributed by atoms with Crippen LogP contribution >= 0.6 is 0 Å². The van der Waals surface area contributed by atoms with Gasteiger partial charge in [-0.1, -0.05) is 0 Å². The van der Waals surface area contributed by atoms with Gasteiger partial charge in [-0.25, -0.2) is 17.6 Å². The lowest BCUT2D eigenvalue weighted by Gasteiger charge is -2.29. The van der Waals surface area contributed by atoms with E-state index in [2.05, 4.69) is 4.74 Å². The smallest absolute Gasteiger partial charge is 0.347 e. The van der Waals surface area contributed by atoms with Gasteiger partial charge in [0.05, 0.1) is 0 Å². The van der Waals surface area contributed by atoms with Crippen LogP contribution < -0.4 is 0 Å². The fourth-order valence-electron chi connectivity index (χ4n) is 0.641. The fraction of sp³-hybridized carbons (Fsp3) is 1.00. The van der Waals surface area contributed by atoms with Gasteiger partial charge in [0, 0.05) is 7.11 Å². The maximum atomic E-state index is 12.4. The van der Waals surface area contributed by atoms with Crippen molar-refractivity contribution in [1.82, 2.24) is 0 Å². The highest BCUT2D eigenvalue weighted by atomic mass is 19.3. The van der Waals surface area contributed by atoms with Gasteiger partial charge < -0.3 is 4.74 Å². The molecule has 15 heavy (non-hydrogen) atoms. The second-order valence-electron chi connectivity index (χ2n) is 2.53. The monoisotopic (exact) mass is 246 g/mol. The normalized spacial score (nSPS) is 18.0. The maximum Gasteiger partial charge on any atom is 0.367 e. The zero-order chi connectivity index (χ0) is 12.4. The molecule has 0 radical (unpaired) electrons. The molecular formula is C6H6F8O. The van der Waals surface area contributed by atoms with E-state index in [-0.39, 0.29) is 0 Å². The Balaban J connectivity index is 4.99. The molecule has 2 atom stereocenters. The Morgan fingerprint density at radius 2 is 1.27 bits per heavy atom. The molecule has 0 aromatic heterocycles. The van der Waals surface area contributed by atoms with Crippen LogP contribution in [0.5, 0.6) is 0 Å². The molecule has 0 fully saturated rings. The van der Waals surface area contributed by atoms with Gasteiger partial charge in [-0.15, -0.1) is 0 Å². The minimum atomic E-state index is -5.85. The van der Waals surface area contributed by atoms with Crippen LogP contribution in [0.25, 0.3) is 0 Å². The predicted molar refractivity (Wildman–Crippen MR) is 32.7 cm³/mol. The van der Waals surface area contributed by atoms with Crippen molar-refractivity contribution in [2.24, 2.45) is 0 Å². The van der Waals surface area contributed by atoms with Crippen molar-refractivity contribution >= 4 is 0 Å². The predicted octanol–water partition coefficient (Wildman–Crippen LogP) is 2.80. The Hall–Kier alpha value is -0.600. The largest absolute Gasteiger partial charge is 0.367 e. The average molecular weight is 246 g/mol. The molecular weight excluding hydrogens is 240 g/mol. The average Bonchev–Trinajstić information content (AvgIpc) is 2.14. The molecule has 0 aromatic carbocycles. The topological polar surface area (TPSA) is 9.23 Å². The van der Waals surface area contributed by atoms with Crippen LogP contribution in [0.15, 0.2) is 0 Å². The number of halogens is 8. The van der Waals surface area contributed by atoms with Crippen LogP contribution in [0, 0.1) is 0 Å². The highest BCUT2D eigenvalue weighted by Crippen LogP contribution is 2.43. The molecule has 0 heterocycles. The van der Waals surface area contributed by atoms with Crippen molar-refractivity contribution < 1.29 is 39.9 Å². The zero-order valence-electron chi connectivity index (χ0n) is 7.16. The first-order chi connectivity index (χ1) is 6.59. The van der Waals surface area contributed by atoms with Crippen molar-refractivity contribution in [3.8, 4) is 0 Å². The standard InChI is InChI=1S/C6H6F8O/c1-15-4(10)6(13,14)5(11,12)2(7)3(8)9/h2-4H,1H3. The van der Waals surface area contributed by atoms with Crippen LogP contribution in [-0.4, -0.2) is 37.9 Å². The summed E-state index contributed by atoms with van der Waals surface area (Å²) in [6.45, 7) is 0. The summed E-state index contributed by atoms with van der Waals surface area (Å²) in [5.74, 6) is -11.5. The number of methoxy groups -OCH3 is 1. The summed E-state index contributed by atoms with van der Waals surface area (Å²) in [6.07, 6.45) is -12.7. The molecule has 2 unspecified atom stereocenters. The van der Waals surface area contributed by atoms with E-state index in [9.17, 15) is 35.1 Å². The van der Waals surface area contributed by atoms with Crippen molar-refractivity contribution in [3.63, 3.8) is 0 Å². The van der Waals surface area contributed by atoms with E-state index in [1.54, 1.807) is 0 Å². The molecule has 0 saturated carbocycles. The Morgan fingerprint density at radius 1 is 0.867 bits per heavy atom. The van der Waals surface area contributed by atoms with Gasteiger partial charge in [0.1, 0.15) is 0 Å². The number of hydrogen-bond donors (Lipinski definition) is 0. The number of rotatable bonds is 5. The first-order valence-electron chi connectivity index (χ1n) is 3.43. The first-order valence-corrected chi connectivity index (χ1v) is 3.43. The van der Waals surface area contributed by atoms with Crippen molar-refractivity contribution in [1.29, 1.82) is 0 Å². The van der Waals surface area contributed by atoms with Crippen LogP contribution in [-0.2, 0) is 4.74 Å². The molecule has 0 saturated heterocycles. The fourth-order valence-corrected chi connectivity index (χ4v) is 0.641. The first kappa shape index (κ1) is 14.4. The minimum Gasteiger partial charge on any atom is -0.347 e. The van der Waals surface area contributed by atoms with E-state index < -0.39 is 30.8 Å². The van der Waals surface area contributed by atoms with Gasteiger partial charge in [-0.05, 0) is 0 Å². The van der Waals surface area contributed by atoms with Crippen molar-refractivity contribution in [2.75, 3.05) is 7.11 Å². The molecule has 0 rings (SSSR count). The summed E-state index contributed by atoms with van der Waals surface area (Å²) in [6, 6.07) is 0. The lowest BCUT2D eigenvalue weighted by Crippen LogP contribution is -2.55. The molecule has 0 amide bonds. The molecule has 0 N–H and O–H groups in total. The van der Waals surface area contributed by atoms with E-state index in [0.29, 0.717) is 7.11 Å². The number of ether oxygens (including phenoxy) is 1. The number of hydrogen-bond acceptors (Lipinski definition) is 1. The quantitative estimate of drug-likeness (QED) is 0.678. The summed E-state index contributed by atoms with van der Waals surface area (Å²) in [5.41, 5.74) is 0. The maximum absolute atomic E-state index is 12.4. The van der Waals surface area contributed by atoms with E-state index in [0.717, 1.165) is 0 Å². The summed E-state index contributed by atoms with van der Waals surface area (Å²) in [5, 5.41) is 0. The molecule has 1 nitrogen and oxygen atoms in total. The molecule has 0 bridgehead atoms. The number of alkyl halides is 8. The van der Waals surface area contributed by atoms with Gasteiger partial charge >= 0.3 is 11.8 Å². The van der Waals surface area contributed by atoms with Crippen LogP contribution in [0.4, 0.5) is 35.1 Å². The third-order valence-corrected chi connectivity index (χ3v) is 1.50. The molecule has 92 valence electrons. The lowest BCUT2D eigenvalue weighted by molar-refractivity contribution is -0.315. The minimum absolute atomic E-state index is 0.310. The Kier molecular flexibility index (Phi) is 4.32. The molecule has 0 aliphatic carbocycles. The third kappa shape index (κ3) is 2.50. The lowest BCUT2D eigenvalue weighted by atomic mass is 10.1. The van der Waals surface area contributed by atoms with Gasteiger partial charge in [-0.3, -0.25) is 0 Å². The van der Waals surface area contributed by atoms with Gasteiger partial charge in [0.25, 0.3) is 12.8 Å². The van der Waals surface area contributed by atoms with Gasteiger partial charge in [0.15, 0.2) is 0 Å². The zero-order valence-corrected chi connectivity index (χ0v) is 7.16. The van der Waals surface area contributed by atoms with Crippen molar-refractivity contribution in [3.05, 3.63) is 0 Å². The van der Waals surface area contributed by atoms with E-state index in [1.165, 1.54) is 0 Å². The van der Waals surface area contributed by atoms with Gasteiger partial charge in [0.2, 0.25) is 6.17 Å². The van der Waals surface area contributed by atoms with Crippen LogP contribution in [0.1, 0.15) is 0 Å². The summed E-state index contributed by atoms with van der Waals surface area (Å²) in [4.78, 5) is 0. The Bertz CT molecular complexity index is 205. The second kappa shape index (κ2) is 4.50. The van der Waals surface area contributed by atoms with E-state index in [4.69, 9.17) is 0 Å². The van der Waals surface area contributed by atoms with E-state index >= 15 is 0 Å².